The van der Waals surface area contributed by atoms with Crippen LogP contribution in [0.15, 0.2) is 6.20 Å². The average molecular weight is 207 g/mol. The minimum atomic E-state index is 0.514. The van der Waals surface area contributed by atoms with Crippen LogP contribution in [-0.4, -0.2) is 16.1 Å². The Hall–Kier alpha value is -0.830. The van der Waals surface area contributed by atoms with E-state index in [2.05, 4.69) is 24.6 Å². The SMILES string of the molecule is CC(C)n1cc(CCN)nc1C1CCC1. The Bertz CT molecular complexity index is 324. The predicted octanol–water partition coefficient (Wildman–Crippen LogP) is 2.23. The molecular formula is C12H21N3. The quantitative estimate of drug-likeness (QED) is 0.822. The molecule has 0 atom stereocenters. The van der Waals surface area contributed by atoms with Crippen molar-refractivity contribution in [2.24, 2.45) is 5.73 Å². The van der Waals surface area contributed by atoms with Crippen LogP contribution >= 0.6 is 0 Å². The van der Waals surface area contributed by atoms with Crippen molar-refractivity contribution in [2.45, 2.75) is 51.5 Å². The summed E-state index contributed by atoms with van der Waals surface area (Å²) in [6.45, 7) is 5.13. The molecule has 0 spiro atoms. The highest BCUT2D eigenvalue weighted by atomic mass is 15.1. The smallest absolute Gasteiger partial charge is 0.112 e. The molecule has 1 aromatic heterocycles. The third-order valence-corrected chi connectivity index (χ3v) is 3.24. The van der Waals surface area contributed by atoms with Crippen molar-refractivity contribution in [2.75, 3.05) is 6.54 Å². The highest BCUT2D eigenvalue weighted by molar-refractivity contribution is 5.12. The largest absolute Gasteiger partial charge is 0.332 e. The van der Waals surface area contributed by atoms with Gasteiger partial charge in [-0.15, -0.1) is 0 Å². The minimum Gasteiger partial charge on any atom is -0.332 e. The summed E-state index contributed by atoms with van der Waals surface area (Å²) in [4.78, 5) is 4.73. The first-order valence-corrected chi connectivity index (χ1v) is 6.00. The standard InChI is InChI=1S/C12H21N3/c1-9(2)15-8-11(6-7-13)14-12(15)10-4-3-5-10/h8-10H,3-7,13H2,1-2H3. The highest BCUT2D eigenvalue weighted by Gasteiger charge is 2.25. The highest BCUT2D eigenvalue weighted by Crippen LogP contribution is 2.36. The van der Waals surface area contributed by atoms with Crippen molar-refractivity contribution in [3.8, 4) is 0 Å². The lowest BCUT2D eigenvalue weighted by Crippen LogP contribution is -2.16. The van der Waals surface area contributed by atoms with Gasteiger partial charge in [-0.05, 0) is 33.2 Å². The number of nitrogens with zero attached hydrogens (tertiary/aromatic N) is 2. The van der Waals surface area contributed by atoms with Crippen molar-refractivity contribution < 1.29 is 0 Å². The second-order valence-corrected chi connectivity index (χ2v) is 4.76. The zero-order valence-electron chi connectivity index (χ0n) is 9.74. The summed E-state index contributed by atoms with van der Waals surface area (Å²) < 4.78 is 2.33. The topological polar surface area (TPSA) is 43.8 Å². The summed E-state index contributed by atoms with van der Waals surface area (Å²) in [6, 6.07) is 0.514. The van der Waals surface area contributed by atoms with Gasteiger partial charge in [0.25, 0.3) is 0 Å². The molecule has 0 unspecified atom stereocenters. The Balaban J connectivity index is 2.24. The summed E-state index contributed by atoms with van der Waals surface area (Å²) in [5, 5.41) is 0. The van der Waals surface area contributed by atoms with E-state index < -0.39 is 0 Å². The molecule has 1 heterocycles. The molecular weight excluding hydrogens is 186 g/mol. The fourth-order valence-electron chi connectivity index (χ4n) is 2.11. The van der Waals surface area contributed by atoms with Crippen molar-refractivity contribution in [3.05, 3.63) is 17.7 Å². The number of hydrogen-bond acceptors (Lipinski definition) is 2. The molecule has 0 bridgehead atoms. The van der Waals surface area contributed by atoms with Gasteiger partial charge in [-0.3, -0.25) is 0 Å². The molecule has 0 aromatic carbocycles. The van der Waals surface area contributed by atoms with Crippen LogP contribution in [0.5, 0.6) is 0 Å². The summed E-state index contributed by atoms with van der Waals surface area (Å²) in [5.74, 6) is 2.00. The molecule has 0 aliphatic heterocycles. The Morgan fingerprint density at radius 2 is 2.27 bits per heavy atom. The zero-order chi connectivity index (χ0) is 10.8. The molecule has 2 N–H and O–H groups in total. The van der Waals surface area contributed by atoms with Gasteiger partial charge < -0.3 is 10.3 Å². The molecule has 1 fully saturated rings. The Labute approximate surface area is 91.7 Å². The van der Waals surface area contributed by atoms with E-state index in [4.69, 9.17) is 10.7 Å². The first kappa shape index (κ1) is 10.7. The molecule has 0 amide bonds. The molecule has 2 rings (SSSR count). The van der Waals surface area contributed by atoms with Gasteiger partial charge in [0.05, 0.1) is 5.69 Å². The molecule has 3 heteroatoms. The zero-order valence-corrected chi connectivity index (χ0v) is 9.74. The number of nitrogens with two attached hydrogens (primary N) is 1. The normalized spacial score (nSPS) is 17.1. The van der Waals surface area contributed by atoms with Crippen LogP contribution < -0.4 is 5.73 Å². The fourth-order valence-corrected chi connectivity index (χ4v) is 2.11. The maximum Gasteiger partial charge on any atom is 0.112 e. The Morgan fingerprint density at radius 3 is 2.73 bits per heavy atom. The third-order valence-electron chi connectivity index (χ3n) is 3.24. The fraction of sp³-hybridized carbons (Fsp3) is 0.750. The lowest BCUT2D eigenvalue weighted by atomic mass is 9.84. The van der Waals surface area contributed by atoms with Crippen LogP contribution in [0.25, 0.3) is 0 Å². The average Bonchev–Trinajstić information content (AvgIpc) is 2.46. The van der Waals surface area contributed by atoms with Crippen molar-refractivity contribution in [3.63, 3.8) is 0 Å². The van der Waals surface area contributed by atoms with E-state index in [-0.39, 0.29) is 0 Å². The molecule has 1 saturated carbocycles. The predicted molar refractivity (Wildman–Crippen MR) is 62.0 cm³/mol. The number of aromatic nitrogens is 2. The summed E-state index contributed by atoms with van der Waals surface area (Å²) in [6.07, 6.45) is 7.07. The maximum atomic E-state index is 5.57. The van der Waals surface area contributed by atoms with Gasteiger partial charge in [-0.1, -0.05) is 6.42 Å². The van der Waals surface area contributed by atoms with Crippen LogP contribution in [-0.2, 0) is 6.42 Å². The van der Waals surface area contributed by atoms with Gasteiger partial charge in [0.15, 0.2) is 0 Å². The molecule has 0 saturated heterocycles. The van der Waals surface area contributed by atoms with Crippen LogP contribution in [0, 0.1) is 0 Å². The number of imidazole rings is 1. The van der Waals surface area contributed by atoms with E-state index in [1.165, 1.54) is 25.1 Å². The van der Waals surface area contributed by atoms with Gasteiger partial charge >= 0.3 is 0 Å². The lowest BCUT2D eigenvalue weighted by molar-refractivity contribution is 0.378. The van der Waals surface area contributed by atoms with E-state index in [0.29, 0.717) is 18.5 Å². The van der Waals surface area contributed by atoms with Gasteiger partial charge in [0.2, 0.25) is 0 Å². The van der Waals surface area contributed by atoms with Crippen LogP contribution in [0.3, 0.4) is 0 Å². The van der Waals surface area contributed by atoms with E-state index in [1.54, 1.807) is 0 Å². The Morgan fingerprint density at radius 1 is 1.53 bits per heavy atom. The van der Waals surface area contributed by atoms with E-state index in [9.17, 15) is 0 Å². The van der Waals surface area contributed by atoms with Gasteiger partial charge in [0, 0.05) is 24.6 Å². The third kappa shape index (κ3) is 2.07. The van der Waals surface area contributed by atoms with Gasteiger partial charge in [-0.25, -0.2) is 4.98 Å². The molecule has 1 aliphatic rings. The molecule has 3 nitrogen and oxygen atoms in total. The summed E-state index contributed by atoms with van der Waals surface area (Å²) in [5.41, 5.74) is 6.73. The molecule has 84 valence electrons. The monoisotopic (exact) mass is 207 g/mol. The molecule has 1 aliphatic carbocycles. The van der Waals surface area contributed by atoms with Crippen molar-refractivity contribution in [1.82, 2.24) is 9.55 Å². The molecule has 15 heavy (non-hydrogen) atoms. The minimum absolute atomic E-state index is 0.514. The van der Waals surface area contributed by atoms with Crippen molar-refractivity contribution in [1.29, 1.82) is 0 Å². The second-order valence-electron chi connectivity index (χ2n) is 4.76. The van der Waals surface area contributed by atoms with Crippen LogP contribution in [0.1, 0.15) is 56.6 Å². The van der Waals surface area contributed by atoms with E-state index in [0.717, 1.165) is 12.1 Å². The van der Waals surface area contributed by atoms with E-state index in [1.807, 2.05) is 0 Å². The number of rotatable bonds is 4. The first-order valence-electron chi connectivity index (χ1n) is 6.00. The first-order chi connectivity index (χ1) is 7.22. The van der Waals surface area contributed by atoms with E-state index >= 15 is 0 Å². The van der Waals surface area contributed by atoms with Crippen molar-refractivity contribution >= 4 is 0 Å². The van der Waals surface area contributed by atoms with Crippen LogP contribution in [0.2, 0.25) is 0 Å². The Kier molecular flexibility index (Phi) is 3.10. The van der Waals surface area contributed by atoms with Gasteiger partial charge in [0.1, 0.15) is 5.82 Å². The summed E-state index contributed by atoms with van der Waals surface area (Å²) in [7, 11) is 0. The van der Waals surface area contributed by atoms with Gasteiger partial charge in [-0.2, -0.15) is 0 Å². The van der Waals surface area contributed by atoms with Crippen LogP contribution in [0.4, 0.5) is 0 Å². The molecule has 1 aromatic rings. The number of hydrogen-bond donors (Lipinski definition) is 1. The summed E-state index contributed by atoms with van der Waals surface area (Å²) >= 11 is 0. The lowest BCUT2D eigenvalue weighted by Gasteiger charge is -2.26. The molecule has 0 radical (unpaired) electrons. The maximum absolute atomic E-state index is 5.57. The second kappa shape index (κ2) is 4.35.